The van der Waals surface area contributed by atoms with E-state index in [1.807, 2.05) is 42.5 Å². The van der Waals surface area contributed by atoms with Crippen LogP contribution in [0.3, 0.4) is 0 Å². The minimum atomic E-state index is -0.889. The van der Waals surface area contributed by atoms with Crippen LogP contribution in [0.2, 0.25) is 0 Å². The summed E-state index contributed by atoms with van der Waals surface area (Å²) < 4.78 is 21.3. The van der Waals surface area contributed by atoms with Crippen LogP contribution in [0.4, 0.5) is 5.13 Å². The topological polar surface area (TPSA) is 121 Å². The maximum atomic E-state index is 13.4. The van der Waals surface area contributed by atoms with Crippen LogP contribution in [0.25, 0.3) is 10.6 Å². The van der Waals surface area contributed by atoms with E-state index in [0.717, 1.165) is 11.1 Å². The molecule has 0 radical (unpaired) electrons. The normalized spacial score (nSPS) is 12.5. The number of rotatable bonds is 9. The largest absolute Gasteiger partial charge is 0.497 e. The summed E-state index contributed by atoms with van der Waals surface area (Å²) in [5.41, 5.74) is 1.97. The molecule has 10 nitrogen and oxygen atoms in total. The molecule has 11 heteroatoms. The number of aromatic nitrogens is 2. The molecular weight excluding hydrogens is 508 g/mol. The van der Waals surface area contributed by atoms with Crippen molar-refractivity contribution in [3.05, 3.63) is 77.9 Å². The minimum absolute atomic E-state index is 0.174. The Morgan fingerprint density at radius 1 is 0.947 bits per heavy atom. The number of hydrogen-bond acceptors (Lipinski definition) is 9. The zero-order valence-corrected chi connectivity index (χ0v) is 21.4. The molecule has 0 saturated carbocycles. The smallest absolute Gasteiger partial charge is 0.252 e. The summed E-state index contributed by atoms with van der Waals surface area (Å²) in [4.78, 5) is 26.5. The summed E-state index contributed by atoms with van der Waals surface area (Å²) in [7, 11) is 3.00. The first-order valence-corrected chi connectivity index (χ1v) is 12.5. The van der Waals surface area contributed by atoms with Crippen LogP contribution < -0.4 is 29.6 Å². The van der Waals surface area contributed by atoms with Gasteiger partial charge in [-0.2, -0.15) is 0 Å². The Kier molecular flexibility index (Phi) is 7.36. The highest BCUT2D eigenvalue weighted by atomic mass is 32.1. The minimum Gasteiger partial charge on any atom is -0.497 e. The molecule has 2 N–H and O–H groups in total. The zero-order chi connectivity index (χ0) is 26.5. The molecular formula is C27H24N4O6S. The molecule has 1 aromatic heterocycles. The Labute approximate surface area is 222 Å². The number of benzene rings is 3. The number of carbonyl (C=O) groups excluding carboxylic acids is 2. The standard InChI is InChI=1S/C27H24N4O6S/c1-34-19-11-18(12-20(14-19)35-2)24(32)28-21(10-16-6-4-3-5-7-16)25(33)29-27-31-30-26(38-27)17-8-9-22-23(13-17)37-15-36-22/h3-9,11-14,21H,10,15H2,1-2H3,(H,28,32)(H,29,31,33)/t21-/m0/s1. The molecule has 4 aromatic rings. The van der Waals surface area contributed by atoms with Crippen molar-refractivity contribution in [3.63, 3.8) is 0 Å². The Balaban J connectivity index is 1.34. The molecule has 38 heavy (non-hydrogen) atoms. The second kappa shape index (κ2) is 11.2. The van der Waals surface area contributed by atoms with Gasteiger partial charge in [0.25, 0.3) is 5.91 Å². The van der Waals surface area contributed by atoms with Crippen molar-refractivity contribution in [1.82, 2.24) is 15.5 Å². The lowest BCUT2D eigenvalue weighted by Gasteiger charge is -2.18. The monoisotopic (exact) mass is 532 g/mol. The van der Waals surface area contributed by atoms with Gasteiger partial charge in [-0.05, 0) is 35.9 Å². The van der Waals surface area contributed by atoms with Crippen LogP contribution in [-0.4, -0.2) is 49.1 Å². The lowest BCUT2D eigenvalue weighted by molar-refractivity contribution is -0.118. The highest BCUT2D eigenvalue weighted by Crippen LogP contribution is 2.37. The SMILES string of the molecule is COc1cc(OC)cc(C(=O)N[C@@H](Cc2ccccc2)C(=O)Nc2nnc(-c3ccc4c(c3)OCO4)s2)c1. The van der Waals surface area contributed by atoms with Gasteiger partial charge in [0.15, 0.2) is 11.5 Å². The lowest BCUT2D eigenvalue weighted by atomic mass is 10.0. The predicted molar refractivity (Wildman–Crippen MR) is 141 cm³/mol. The second-order valence-electron chi connectivity index (χ2n) is 8.29. The van der Waals surface area contributed by atoms with Gasteiger partial charge >= 0.3 is 0 Å². The highest BCUT2D eigenvalue weighted by Gasteiger charge is 2.24. The number of methoxy groups -OCH3 is 2. The lowest BCUT2D eigenvalue weighted by Crippen LogP contribution is -2.45. The van der Waals surface area contributed by atoms with E-state index in [1.165, 1.54) is 25.6 Å². The van der Waals surface area contributed by atoms with Gasteiger partial charge in [-0.1, -0.05) is 41.7 Å². The number of fused-ring (bicyclic) bond motifs is 1. The van der Waals surface area contributed by atoms with Gasteiger partial charge in [0.2, 0.25) is 17.8 Å². The van der Waals surface area contributed by atoms with Gasteiger partial charge in [0.05, 0.1) is 14.2 Å². The van der Waals surface area contributed by atoms with Crippen molar-refractivity contribution in [2.75, 3.05) is 26.3 Å². The Bertz CT molecular complexity index is 1440. The molecule has 0 spiro atoms. The predicted octanol–water partition coefficient (Wildman–Crippen LogP) is 3.93. The molecule has 0 unspecified atom stereocenters. The van der Waals surface area contributed by atoms with Crippen LogP contribution in [0.15, 0.2) is 66.7 Å². The van der Waals surface area contributed by atoms with E-state index < -0.39 is 17.9 Å². The van der Waals surface area contributed by atoms with Crippen molar-refractivity contribution >= 4 is 28.3 Å². The Morgan fingerprint density at radius 2 is 1.68 bits per heavy atom. The fourth-order valence-electron chi connectivity index (χ4n) is 3.85. The number of carbonyl (C=O) groups is 2. The van der Waals surface area contributed by atoms with Gasteiger partial charge in [0, 0.05) is 23.6 Å². The zero-order valence-electron chi connectivity index (χ0n) is 20.6. The first-order valence-electron chi connectivity index (χ1n) is 11.6. The second-order valence-corrected chi connectivity index (χ2v) is 9.26. The summed E-state index contributed by atoms with van der Waals surface area (Å²) in [6, 6.07) is 18.8. The summed E-state index contributed by atoms with van der Waals surface area (Å²) in [6.45, 7) is 0.174. The third-order valence-electron chi connectivity index (χ3n) is 5.79. The van der Waals surface area contributed by atoms with Crippen LogP contribution in [-0.2, 0) is 11.2 Å². The molecule has 0 fully saturated rings. The van der Waals surface area contributed by atoms with Gasteiger partial charge in [-0.15, -0.1) is 10.2 Å². The summed E-state index contributed by atoms with van der Waals surface area (Å²) in [6.07, 6.45) is 0.271. The average molecular weight is 533 g/mol. The summed E-state index contributed by atoms with van der Waals surface area (Å²) in [5, 5.41) is 14.8. The Hall–Kier alpha value is -4.64. The number of amides is 2. The molecule has 0 saturated heterocycles. The molecule has 2 amide bonds. The van der Waals surface area contributed by atoms with E-state index in [2.05, 4.69) is 20.8 Å². The van der Waals surface area contributed by atoms with Crippen molar-refractivity contribution in [2.24, 2.45) is 0 Å². The fourth-order valence-corrected chi connectivity index (χ4v) is 4.59. The van der Waals surface area contributed by atoms with Gasteiger partial charge in [-0.25, -0.2) is 0 Å². The van der Waals surface area contributed by atoms with E-state index in [0.29, 0.717) is 38.7 Å². The molecule has 3 aromatic carbocycles. The third kappa shape index (κ3) is 5.68. The van der Waals surface area contributed by atoms with Crippen LogP contribution >= 0.6 is 11.3 Å². The Morgan fingerprint density at radius 3 is 2.42 bits per heavy atom. The average Bonchev–Trinajstić information content (AvgIpc) is 3.62. The van der Waals surface area contributed by atoms with Crippen molar-refractivity contribution in [2.45, 2.75) is 12.5 Å². The van der Waals surface area contributed by atoms with E-state index in [4.69, 9.17) is 18.9 Å². The van der Waals surface area contributed by atoms with Gasteiger partial charge < -0.3 is 24.3 Å². The maximum absolute atomic E-state index is 13.4. The van der Waals surface area contributed by atoms with E-state index in [9.17, 15) is 9.59 Å². The molecule has 194 valence electrons. The van der Waals surface area contributed by atoms with E-state index in [-0.39, 0.29) is 13.2 Å². The number of anilines is 1. The third-order valence-corrected chi connectivity index (χ3v) is 6.68. The quantitative estimate of drug-likeness (QED) is 0.333. The molecule has 1 aliphatic rings. The summed E-state index contributed by atoms with van der Waals surface area (Å²) >= 11 is 1.21. The van der Waals surface area contributed by atoms with E-state index >= 15 is 0 Å². The number of ether oxygens (including phenoxy) is 4. The van der Waals surface area contributed by atoms with Gasteiger partial charge in [0.1, 0.15) is 22.5 Å². The highest BCUT2D eigenvalue weighted by molar-refractivity contribution is 7.18. The number of hydrogen-bond donors (Lipinski definition) is 2. The van der Waals surface area contributed by atoms with E-state index in [1.54, 1.807) is 24.3 Å². The number of nitrogens with one attached hydrogen (secondary N) is 2. The van der Waals surface area contributed by atoms with Crippen molar-refractivity contribution in [3.8, 4) is 33.6 Å². The van der Waals surface area contributed by atoms with Crippen LogP contribution in [0.1, 0.15) is 15.9 Å². The first kappa shape index (κ1) is 25.0. The molecule has 5 rings (SSSR count). The van der Waals surface area contributed by atoms with Crippen molar-refractivity contribution < 1.29 is 28.5 Å². The molecule has 1 atom stereocenters. The van der Waals surface area contributed by atoms with Gasteiger partial charge in [-0.3, -0.25) is 14.9 Å². The molecule has 0 bridgehead atoms. The van der Waals surface area contributed by atoms with Crippen LogP contribution in [0, 0.1) is 0 Å². The summed E-state index contributed by atoms with van der Waals surface area (Å²) in [5.74, 6) is 1.34. The molecule has 0 aliphatic carbocycles. The van der Waals surface area contributed by atoms with Crippen molar-refractivity contribution in [1.29, 1.82) is 0 Å². The van der Waals surface area contributed by atoms with Crippen LogP contribution in [0.5, 0.6) is 23.0 Å². The molecule has 1 aliphatic heterocycles. The maximum Gasteiger partial charge on any atom is 0.252 e. The molecule has 2 heterocycles. The fraction of sp³-hybridized carbons (Fsp3) is 0.185. The first-order chi connectivity index (χ1) is 18.5. The number of nitrogens with zero attached hydrogens (tertiary/aromatic N) is 2.